The molecule has 2 atom stereocenters. The Labute approximate surface area is 163 Å². The molecule has 5 rings (SSSR count). The molecule has 1 aliphatic carbocycles. The van der Waals surface area contributed by atoms with Crippen LogP contribution >= 0.6 is 0 Å². The summed E-state index contributed by atoms with van der Waals surface area (Å²) < 4.78 is 0. The minimum atomic E-state index is -0.891. The fourth-order valence-electron chi connectivity index (χ4n) is 5.07. The van der Waals surface area contributed by atoms with Crippen LogP contribution in [0.5, 0.6) is 0 Å². The van der Waals surface area contributed by atoms with Crippen molar-refractivity contribution in [3.63, 3.8) is 0 Å². The second kappa shape index (κ2) is 6.51. The average molecular weight is 374 g/mol. The van der Waals surface area contributed by atoms with Crippen LogP contribution in [0.1, 0.15) is 59.1 Å². The van der Waals surface area contributed by atoms with Crippen LogP contribution in [0.15, 0.2) is 54.7 Å². The number of benzene rings is 2. The van der Waals surface area contributed by atoms with Gasteiger partial charge in [0.25, 0.3) is 5.91 Å². The molecular weight excluding hydrogens is 352 g/mol. The third-order valence-electron chi connectivity index (χ3n) is 6.30. The smallest absolute Gasteiger partial charge is 0.313 e. The van der Waals surface area contributed by atoms with Gasteiger partial charge in [-0.3, -0.25) is 9.59 Å². The molecule has 0 saturated heterocycles. The van der Waals surface area contributed by atoms with Crippen molar-refractivity contribution in [1.82, 2.24) is 9.88 Å². The van der Waals surface area contributed by atoms with Crippen molar-refractivity contribution in [3.05, 3.63) is 71.4 Å². The summed E-state index contributed by atoms with van der Waals surface area (Å²) in [5, 5.41) is 11.2. The van der Waals surface area contributed by atoms with Gasteiger partial charge in [0.2, 0.25) is 0 Å². The molecule has 3 aromatic rings. The van der Waals surface area contributed by atoms with E-state index < -0.39 is 17.9 Å². The number of hydrogen-bond acceptors (Lipinski definition) is 2. The van der Waals surface area contributed by atoms with Gasteiger partial charge in [-0.2, -0.15) is 0 Å². The standard InChI is InChI=1S/C23H22N2O3/c26-22-17-11-4-3-10-16(17)20(23(27)28)21(25(22)14-7-1-2-8-14)18-13-24-19-12-6-5-9-15(18)19/h3-6,9-14,20-21,24H,1-2,7-8H2,(H,27,28). The lowest BCUT2D eigenvalue weighted by molar-refractivity contribution is -0.140. The van der Waals surface area contributed by atoms with E-state index in [4.69, 9.17) is 0 Å². The predicted molar refractivity (Wildman–Crippen MR) is 106 cm³/mol. The number of carboxylic acids is 1. The molecule has 1 aromatic heterocycles. The number of hydrogen-bond donors (Lipinski definition) is 2. The van der Waals surface area contributed by atoms with E-state index in [0.29, 0.717) is 11.1 Å². The number of amides is 1. The maximum atomic E-state index is 13.5. The topological polar surface area (TPSA) is 73.4 Å². The number of carboxylic acid groups (broad SMARTS) is 1. The molecule has 5 heteroatoms. The van der Waals surface area contributed by atoms with Crippen molar-refractivity contribution in [1.29, 1.82) is 0 Å². The zero-order chi connectivity index (χ0) is 19.3. The first-order valence-electron chi connectivity index (χ1n) is 9.87. The molecule has 5 nitrogen and oxygen atoms in total. The van der Waals surface area contributed by atoms with Crippen molar-refractivity contribution in [2.45, 2.75) is 43.7 Å². The third kappa shape index (κ3) is 2.46. The Bertz CT molecular complexity index is 1060. The highest BCUT2D eigenvalue weighted by atomic mass is 16.4. The summed E-state index contributed by atoms with van der Waals surface area (Å²) in [6.45, 7) is 0. The number of carbonyl (C=O) groups excluding carboxylic acids is 1. The summed E-state index contributed by atoms with van der Waals surface area (Å²) >= 11 is 0. The number of aromatic amines is 1. The summed E-state index contributed by atoms with van der Waals surface area (Å²) in [5.74, 6) is -1.72. The van der Waals surface area contributed by atoms with Crippen LogP contribution < -0.4 is 0 Å². The Morgan fingerprint density at radius 3 is 2.50 bits per heavy atom. The molecule has 2 unspecified atom stereocenters. The van der Waals surface area contributed by atoms with E-state index in [9.17, 15) is 14.7 Å². The summed E-state index contributed by atoms with van der Waals surface area (Å²) in [6, 6.07) is 14.6. The maximum absolute atomic E-state index is 13.5. The molecule has 2 N–H and O–H groups in total. The van der Waals surface area contributed by atoms with Crippen LogP contribution in [0.2, 0.25) is 0 Å². The number of carbonyl (C=O) groups is 2. The van der Waals surface area contributed by atoms with Crippen molar-refractivity contribution >= 4 is 22.8 Å². The molecule has 1 amide bonds. The van der Waals surface area contributed by atoms with E-state index in [1.54, 1.807) is 12.1 Å². The Morgan fingerprint density at radius 2 is 1.71 bits per heavy atom. The number of H-pyrrole nitrogens is 1. The van der Waals surface area contributed by atoms with Gasteiger partial charge in [-0.05, 0) is 30.5 Å². The Morgan fingerprint density at radius 1 is 1.00 bits per heavy atom. The largest absolute Gasteiger partial charge is 0.481 e. The second-order valence-electron chi connectivity index (χ2n) is 7.79. The zero-order valence-electron chi connectivity index (χ0n) is 15.5. The quantitative estimate of drug-likeness (QED) is 0.710. The van der Waals surface area contributed by atoms with E-state index in [-0.39, 0.29) is 11.9 Å². The molecule has 0 spiro atoms. The maximum Gasteiger partial charge on any atom is 0.313 e. The minimum Gasteiger partial charge on any atom is -0.481 e. The number of nitrogens with zero attached hydrogens (tertiary/aromatic N) is 1. The van der Waals surface area contributed by atoms with Crippen LogP contribution in [0.3, 0.4) is 0 Å². The normalized spacial score (nSPS) is 22.6. The molecule has 2 heterocycles. The van der Waals surface area contributed by atoms with Crippen LogP contribution in [0, 0.1) is 0 Å². The summed E-state index contributed by atoms with van der Waals surface area (Å²) in [4.78, 5) is 31.2. The Kier molecular flexibility index (Phi) is 3.97. The van der Waals surface area contributed by atoms with Crippen LogP contribution in [-0.2, 0) is 4.79 Å². The first-order valence-corrected chi connectivity index (χ1v) is 9.87. The fourth-order valence-corrected chi connectivity index (χ4v) is 5.07. The lowest BCUT2D eigenvalue weighted by Crippen LogP contribution is -2.49. The molecule has 0 bridgehead atoms. The van der Waals surface area contributed by atoms with E-state index in [2.05, 4.69) is 4.98 Å². The lowest BCUT2D eigenvalue weighted by atomic mass is 9.78. The van der Waals surface area contributed by atoms with Gasteiger partial charge < -0.3 is 15.0 Å². The first-order chi connectivity index (χ1) is 13.7. The molecule has 1 aliphatic heterocycles. The van der Waals surface area contributed by atoms with Crippen LogP contribution in [-0.4, -0.2) is 32.9 Å². The van der Waals surface area contributed by atoms with Gasteiger partial charge >= 0.3 is 5.97 Å². The fraction of sp³-hybridized carbons (Fsp3) is 0.304. The minimum absolute atomic E-state index is 0.0460. The summed E-state index contributed by atoms with van der Waals surface area (Å²) in [7, 11) is 0. The van der Waals surface area contributed by atoms with Gasteiger partial charge in [0, 0.05) is 34.3 Å². The zero-order valence-corrected chi connectivity index (χ0v) is 15.5. The van der Waals surface area contributed by atoms with Gasteiger partial charge in [0.05, 0.1) is 6.04 Å². The SMILES string of the molecule is O=C(O)C1c2ccccc2C(=O)N(C2CCCC2)C1c1c[nH]c2ccccc12. The molecule has 2 aliphatic rings. The highest BCUT2D eigenvalue weighted by Gasteiger charge is 2.47. The molecular formula is C23H22N2O3. The summed E-state index contributed by atoms with van der Waals surface area (Å²) in [5.41, 5.74) is 2.99. The lowest BCUT2D eigenvalue weighted by Gasteiger charge is -2.43. The van der Waals surface area contributed by atoms with Crippen molar-refractivity contribution < 1.29 is 14.7 Å². The van der Waals surface area contributed by atoms with Gasteiger partial charge in [-0.1, -0.05) is 49.2 Å². The monoisotopic (exact) mass is 374 g/mol. The van der Waals surface area contributed by atoms with Crippen molar-refractivity contribution in [2.24, 2.45) is 0 Å². The van der Waals surface area contributed by atoms with Crippen LogP contribution in [0.4, 0.5) is 0 Å². The van der Waals surface area contributed by atoms with E-state index in [1.807, 2.05) is 47.5 Å². The van der Waals surface area contributed by atoms with Crippen molar-refractivity contribution in [3.8, 4) is 0 Å². The molecule has 1 saturated carbocycles. The number of fused-ring (bicyclic) bond motifs is 2. The molecule has 28 heavy (non-hydrogen) atoms. The molecule has 2 aromatic carbocycles. The average Bonchev–Trinajstić information content (AvgIpc) is 3.37. The first kappa shape index (κ1) is 17.0. The van der Waals surface area contributed by atoms with Gasteiger partial charge in [0.1, 0.15) is 5.92 Å². The highest BCUT2D eigenvalue weighted by molar-refractivity contribution is 6.01. The second-order valence-corrected chi connectivity index (χ2v) is 7.79. The van der Waals surface area contributed by atoms with Gasteiger partial charge in [-0.15, -0.1) is 0 Å². The van der Waals surface area contributed by atoms with E-state index in [1.165, 1.54) is 0 Å². The number of aromatic nitrogens is 1. The highest BCUT2D eigenvalue weighted by Crippen LogP contribution is 2.47. The Hall–Kier alpha value is -3.08. The van der Waals surface area contributed by atoms with E-state index >= 15 is 0 Å². The number of para-hydroxylation sites is 1. The third-order valence-corrected chi connectivity index (χ3v) is 6.30. The Balaban J connectivity index is 1.76. The number of aliphatic carboxylic acids is 1. The summed E-state index contributed by atoms with van der Waals surface area (Å²) in [6.07, 6.45) is 5.90. The van der Waals surface area contributed by atoms with Crippen LogP contribution in [0.25, 0.3) is 10.9 Å². The molecule has 1 fully saturated rings. The van der Waals surface area contributed by atoms with Gasteiger partial charge in [-0.25, -0.2) is 0 Å². The van der Waals surface area contributed by atoms with Gasteiger partial charge in [0.15, 0.2) is 0 Å². The molecule has 0 radical (unpaired) electrons. The predicted octanol–water partition coefficient (Wildman–Crippen LogP) is 4.48. The van der Waals surface area contributed by atoms with E-state index in [0.717, 1.165) is 42.1 Å². The molecule has 142 valence electrons. The number of rotatable bonds is 3. The number of nitrogens with one attached hydrogen (secondary N) is 1. The van der Waals surface area contributed by atoms with Crippen molar-refractivity contribution in [2.75, 3.05) is 0 Å².